The fourth-order valence-corrected chi connectivity index (χ4v) is 3.66. The molecular formula is C15H18Br2O2. The topological polar surface area (TPSA) is 26.3 Å². The van der Waals surface area contributed by atoms with Crippen LogP contribution in [-0.4, -0.2) is 17.7 Å². The minimum Gasteiger partial charge on any atom is -0.492 e. The number of hydrogen-bond donors (Lipinski definition) is 0. The second-order valence-electron chi connectivity index (χ2n) is 5.33. The molecule has 0 atom stereocenters. The molecule has 4 heteroatoms. The van der Waals surface area contributed by atoms with E-state index in [-0.39, 0.29) is 11.2 Å². The van der Waals surface area contributed by atoms with Crippen molar-refractivity contribution < 1.29 is 9.53 Å². The van der Waals surface area contributed by atoms with Crippen LogP contribution in [0.15, 0.2) is 22.7 Å². The number of benzene rings is 1. The van der Waals surface area contributed by atoms with Gasteiger partial charge in [-0.1, -0.05) is 44.7 Å². The van der Waals surface area contributed by atoms with E-state index in [1.807, 2.05) is 18.2 Å². The average molecular weight is 390 g/mol. The molecule has 0 heterocycles. The molecule has 0 saturated heterocycles. The Labute approximate surface area is 131 Å². The lowest BCUT2D eigenvalue weighted by Gasteiger charge is -2.26. The van der Waals surface area contributed by atoms with Crippen LogP contribution in [0.3, 0.4) is 0 Å². The lowest BCUT2D eigenvalue weighted by atomic mass is 9.90. The molecule has 104 valence electrons. The highest BCUT2D eigenvalue weighted by atomic mass is 79.9. The van der Waals surface area contributed by atoms with Gasteiger partial charge in [0, 0.05) is 15.2 Å². The van der Waals surface area contributed by atoms with Gasteiger partial charge in [-0.15, -0.1) is 0 Å². The van der Waals surface area contributed by atoms with Crippen LogP contribution in [-0.2, 0) is 0 Å². The molecule has 0 N–H and O–H groups in total. The first-order valence-electron chi connectivity index (χ1n) is 6.56. The lowest BCUT2D eigenvalue weighted by molar-refractivity contribution is 0.100. The fourth-order valence-electron chi connectivity index (χ4n) is 2.58. The first-order valence-corrected chi connectivity index (χ1v) is 8.47. The zero-order valence-electron chi connectivity index (χ0n) is 11.0. The molecule has 0 bridgehead atoms. The standard InChI is InChI=1S/C15H18Br2O2/c1-11(18)13-8-12(17)4-5-14(13)19-10-15(9-16)6-2-3-7-15/h4-5,8H,2-3,6-7,9-10H2,1H3. The maximum atomic E-state index is 11.7. The van der Waals surface area contributed by atoms with Crippen molar-refractivity contribution in [1.82, 2.24) is 0 Å². The van der Waals surface area contributed by atoms with Crippen LogP contribution in [0.4, 0.5) is 0 Å². The maximum Gasteiger partial charge on any atom is 0.163 e. The van der Waals surface area contributed by atoms with Crippen LogP contribution in [0.1, 0.15) is 43.0 Å². The molecule has 1 aliphatic carbocycles. The molecule has 0 unspecified atom stereocenters. The summed E-state index contributed by atoms with van der Waals surface area (Å²) in [7, 11) is 0. The zero-order chi connectivity index (χ0) is 13.9. The number of hydrogen-bond acceptors (Lipinski definition) is 2. The molecule has 2 rings (SSSR count). The van der Waals surface area contributed by atoms with Crippen LogP contribution < -0.4 is 4.74 Å². The Kier molecular flexibility index (Phi) is 5.07. The molecule has 19 heavy (non-hydrogen) atoms. The SMILES string of the molecule is CC(=O)c1cc(Br)ccc1OCC1(CBr)CCCC1. The average Bonchev–Trinajstić information content (AvgIpc) is 2.86. The van der Waals surface area contributed by atoms with Crippen LogP contribution in [0.2, 0.25) is 0 Å². The van der Waals surface area contributed by atoms with E-state index in [0.717, 1.165) is 9.80 Å². The van der Waals surface area contributed by atoms with Crippen molar-refractivity contribution in [3.63, 3.8) is 0 Å². The van der Waals surface area contributed by atoms with Gasteiger partial charge in [0.1, 0.15) is 5.75 Å². The highest BCUT2D eigenvalue weighted by Gasteiger charge is 2.33. The van der Waals surface area contributed by atoms with Crippen molar-refractivity contribution in [2.75, 3.05) is 11.9 Å². The summed E-state index contributed by atoms with van der Waals surface area (Å²) in [5.74, 6) is 0.735. The summed E-state index contributed by atoms with van der Waals surface area (Å²) in [4.78, 5) is 11.7. The van der Waals surface area contributed by atoms with E-state index in [0.29, 0.717) is 17.9 Å². The number of carbonyl (C=O) groups is 1. The van der Waals surface area contributed by atoms with E-state index in [4.69, 9.17) is 4.74 Å². The second kappa shape index (κ2) is 6.40. The van der Waals surface area contributed by atoms with Crippen LogP contribution >= 0.6 is 31.9 Å². The van der Waals surface area contributed by atoms with E-state index < -0.39 is 0 Å². The molecule has 1 fully saturated rings. The Morgan fingerprint density at radius 3 is 2.63 bits per heavy atom. The van der Waals surface area contributed by atoms with Gasteiger partial charge in [-0.3, -0.25) is 4.79 Å². The third kappa shape index (κ3) is 3.60. The van der Waals surface area contributed by atoms with Gasteiger partial charge in [0.05, 0.1) is 12.2 Å². The number of ketones is 1. The van der Waals surface area contributed by atoms with Crippen molar-refractivity contribution >= 4 is 37.6 Å². The summed E-state index contributed by atoms with van der Waals surface area (Å²) in [5, 5.41) is 0.964. The molecule has 0 aromatic heterocycles. The molecular weight excluding hydrogens is 372 g/mol. The number of alkyl halides is 1. The third-order valence-electron chi connectivity index (χ3n) is 3.80. The van der Waals surface area contributed by atoms with Gasteiger partial charge < -0.3 is 4.74 Å². The molecule has 1 aromatic rings. The molecule has 0 radical (unpaired) electrons. The van der Waals surface area contributed by atoms with Gasteiger partial charge in [0.15, 0.2) is 5.78 Å². The van der Waals surface area contributed by atoms with Crippen LogP contribution in [0, 0.1) is 5.41 Å². The Hall–Kier alpha value is -0.350. The van der Waals surface area contributed by atoms with Crippen molar-refractivity contribution in [3.8, 4) is 5.75 Å². The molecule has 1 saturated carbocycles. The smallest absolute Gasteiger partial charge is 0.163 e. The molecule has 1 aliphatic rings. The number of halogens is 2. The molecule has 2 nitrogen and oxygen atoms in total. The quantitative estimate of drug-likeness (QED) is 0.524. The normalized spacial score (nSPS) is 17.4. The summed E-state index contributed by atoms with van der Waals surface area (Å²) in [6, 6.07) is 5.61. The highest BCUT2D eigenvalue weighted by Crippen LogP contribution is 2.40. The first kappa shape index (κ1) is 15.0. The van der Waals surface area contributed by atoms with E-state index in [9.17, 15) is 4.79 Å². The van der Waals surface area contributed by atoms with Gasteiger partial charge >= 0.3 is 0 Å². The summed E-state index contributed by atoms with van der Waals surface area (Å²) in [6.07, 6.45) is 4.94. The summed E-state index contributed by atoms with van der Waals surface area (Å²) in [6.45, 7) is 2.25. The molecule has 0 amide bonds. The number of ether oxygens (including phenoxy) is 1. The van der Waals surface area contributed by atoms with Gasteiger partial charge in [-0.2, -0.15) is 0 Å². The molecule has 0 spiro atoms. The van der Waals surface area contributed by atoms with Gasteiger partial charge in [-0.05, 0) is 38.0 Å². The van der Waals surface area contributed by atoms with Crippen molar-refractivity contribution in [3.05, 3.63) is 28.2 Å². The van der Waals surface area contributed by atoms with Crippen molar-refractivity contribution in [2.45, 2.75) is 32.6 Å². The van der Waals surface area contributed by atoms with E-state index >= 15 is 0 Å². The van der Waals surface area contributed by atoms with E-state index in [2.05, 4.69) is 31.9 Å². The van der Waals surface area contributed by atoms with Crippen LogP contribution in [0.25, 0.3) is 0 Å². The lowest BCUT2D eigenvalue weighted by Crippen LogP contribution is -2.27. The minimum absolute atomic E-state index is 0.0376. The monoisotopic (exact) mass is 388 g/mol. The number of carbonyl (C=O) groups excluding carboxylic acids is 1. The number of rotatable bonds is 5. The van der Waals surface area contributed by atoms with Crippen molar-refractivity contribution in [2.24, 2.45) is 5.41 Å². The largest absolute Gasteiger partial charge is 0.492 e. The molecule has 0 aliphatic heterocycles. The Bertz CT molecular complexity index is 465. The Balaban J connectivity index is 2.13. The minimum atomic E-state index is 0.0376. The van der Waals surface area contributed by atoms with Gasteiger partial charge in [0.2, 0.25) is 0 Å². The third-order valence-corrected chi connectivity index (χ3v) is 5.49. The van der Waals surface area contributed by atoms with Crippen molar-refractivity contribution in [1.29, 1.82) is 0 Å². The summed E-state index contributed by atoms with van der Waals surface area (Å²) >= 11 is 7.00. The Morgan fingerprint density at radius 2 is 2.05 bits per heavy atom. The zero-order valence-corrected chi connectivity index (χ0v) is 14.2. The van der Waals surface area contributed by atoms with E-state index in [1.165, 1.54) is 25.7 Å². The van der Waals surface area contributed by atoms with Gasteiger partial charge in [-0.25, -0.2) is 0 Å². The second-order valence-corrected chi connectivity index (χ2v) is 6.80. The van der Waals surface area contributed by atoms with Gasteiger partial charge in [0.25, 0.3) is 0 Å². The van der Waals surface area contributed by atoms with E-state index in [1.54, 1.807) is 6.92 Å². The maximum absolute atomic E-state index is 11.7. The Morgan fingerprint density at radius 1 is 1.37 bits per heavy atom. The fraction of sp³-hybridized carbons (Fsp3) is 0.533. The van der Waals surface area contributed by atoms with Crippen LogP contribution in [0.5, 0.6) is 5.75 Å². The predicted molar refractivity (Wildman–Crippen MR) is 84.3 cm³/mol. The highest BCUT2D eigenvalue weighted by molar-refractivity contribution is 9.10. The molecule has 1 aromatic carbocycles. The summed E-state index contributed by atoms with van der Waals surface area (Å²) < 4.78 is 6.86. The predicted octanol–water partition coefficient (Wildman–Crippen LogP) is 4.99. The first-order chi connectivity index (χ1) is 9.06. The number of Topliss-reactive ketones (excluding diaryl/α,β-unsaturated/α-hetero) is 1. The summed E-state index contributed by atoms with van der Waals surface area (Å²) in [5.41, 5.74) is 0.887.